The number of likely N-dealkylation sites (N-methyl/N-ethyl adjacent to an activating group) is 1. The molecule has 1 aromatic carbocycles. The first-order valence-corrected chi connectivity index (χ1v) is 9.50. The number of carbonyl (C=O) groups is 2. The first kappa shape index (κ1) is 18.4. The van der Waals surface area contributed by atoms with Gasteiger partial charge in [-0.25, -0.2) is 4.98 Å². The summed E-state index contributed by atoms with van der Waals surface area (Å²) in [6.07, 6.45) is 1.65. The number of nitrogens with one attached hydrogen (secondary N) is 1. The largest absolute Gasteiger partial charge is 0.475 e. The van der Waals surface area contributed by atoms with Gasteiger partial charge in [0.05, 0.1) is 24.0 Å². The van der Waals surface area contributed by atoms with Crippen LogP contribution in [-0.2, 0) is 4.79 Å². The Morgan fingerprint density at radius 3 is 2.61 bits per heavy atom. The Bertz CT molecular complexity index is 893. The molecule has 2 aromatic rings. The third kappa shape index (κ3) is 3.11. The molecule has 1 unspecified atom stereocenters. The molecule has 1 N–H and O–H groups in total. The monoisotopic (exact) mass is 380 g/mol. The van der Waals surface area contributed by atoms with Gasteiger partial charge in [0.25, 0.3) is 11.8 Å². The zero-order valence-electron chi connectivity index (χ0n) is 16.3. The molecule has 1 atom stereocenters. The summed E-state index contributed by atoms with van der Waals surface area (Å²) in [5.74, 6) is 0.292. The first-order valence-electron chi connectivity index (χ1n) is 9.50. The molecule has 4 rings (SSSR count). The van der Waals surface area contributed by atoms with Crippen LogP contribution in [0.15, 0.2) is 42.6 Å². The molecule has 0 saturated carbocycles. The smallest absolute Gasteiger partial charge is 0.255 e. The van der Waals surface area contributed by atoms with E-state index in [4.69, 9.17) is 4.74 Å². The Labute approximate surface area is 164 Å². The van der Waals surface area contributed by atoms with Gasteiger partial charge in [-0.05, 0) is 31.5 Å². The molecule has 2 aliphatic rings. The number of ether oxygens (including phenoxy) is 1. The lowest BCUT2D eigenvalue weighted by Crippen LogP contribution is -2.59. The highest BCUT2D eigenvalue weighted by atomic mass is 16.5. The minimum absolute atomic E-state index is 0.0298. The lowest BCUT2D eigenvalue weighted by atomic mass is 10.0. The molecule has 1 saturated heterocycles. The number of hydrogen-bond acceptors (Lipinski definition) is 5. The molecule has 0 aliphatic carbocycles. The Balaban J connectivity index is 1.62. The fraction of sp³-hybridized carbons (Fsp3) is 0.381. The molecular weight excluding hydrogens is 356 g/mol. The molecule has 28 heavy (non-hydrogen) atoms. The molecule has 1 aromatic heterocycles. The Morgan fingerprint density at radius 2 is 2.00 bits per heavy atom. The van der Waals surface area contributed by atoms with Crippen molar-refractivity contribution in [1.82, 2.24) is 15.2 Å². The minimum Gasteiger partial charge on any atom is -0.475 e. The van der Waals surface area contributed by atoms with Gasteiger partial charge in [-0.2, -0.15) is 0 Å². The number of amides is 2. The van der Waals surface area contributed by atoms with Crippen LogP contribution in [-0.4, -0.2) is 54.0 Å². The highest BCUT2D eigenvalue weighted by molar-refractivity contribution is 6.08. The van der Waals surface area contributed by atoms with Crippen molar-refractivity contribution in [1.29, 1.82) is 0 Å². The number of anilines is 1. The van der Waals surface area contributed by atoms with Crippen LogP contribution in [0.25, 0.3) is 0 Å². The highest BCUT2D eigenvalue weighted by Gasteiger charge is 2.46. The molecule has 2 amide bonds. The van der Waals surface area contributed by atoms with Gasteiger partial charge in [-0.3, -0.25) is 9.59 Å². The van der Waals surface area contributed by atoms with E-state index in [1.165, 1.54) is 0 Å². The molecule has 3 heterocycles. The Kier molecular flexibility index (Phi) is 4.77. The summed E-state index contributed by atoms with van der Waals surface area (Å²) in [5.41, 5.74) is 2.04. The summed E-state index contributed by atoms with van der Waals surface area (Å²) in [7, 11) is 1.71. The summed E-state index contributed by atoms with van der Waals surface area (Å²) in [6, 6.07) is 10.3. The fourth-order valence-electron chi connectivity index (χ4n) is 3.63. The molecule has 7 heteroatoms. The van der Waals surface area contributed by atoms with Crippen molar-refractivity contribution in [2.75, 3.05) is 25.0 Å². The SMILES string of the molecule is CC(C)Oc1ccc(N(C)C(=O)C2c3ccccc3C(=O)N2C2CNC2)cn1. The summed E-state index contributed by atoms with van der Waals surface area (Å²) in [6.45, 7) is 5.28. The molecule has 0 bridgehead atoms. The molecular formula is C21H24N4O3. The van der Waals surface area contributed by atoms with E-state index in [1.807, 2.05) is 32.0 Å². The number of carbonyl (C=O) groups excluding carboxylic acids is 2. The number of nitrogens with zero attached hydrogens (tertiary/aromatic N) is 3. The lowest BCUT2D eigenvalue weighted by Gasteiger charge is -2.39. The van der Waals surface area contributed by atoms with Crippen LogP contribution in [0.5, 0.6) is 5.88 Å². The standard InChI is InChI=1S/C21H24N4O3/c1-13(2)28-18-9-8-14(12-23-18)24(3)21(27)19-16-6-4-5-7-17(16)20(26)25(19)15-10-22-11-15/h4-9,12-13,15,19,22H,10-11H2,1-3H3. The number of pyridine rings is 1. The third-order valence-electron chi connectivity index (χ3n) is 5.18. The van der Waals surface area contributed by atoms with Crippen LogP contribution in [0.2, 0.25) is 0 Å². The van der Waals surface area contributed by atoms with Gasteiger partial charge in [0.1, 0.15) is 6.04 Å². The van der Waals surface area contributed by atoms with Crippen LogP contribution in [0, 0.1) is 0 Å². The van der Waals surface area contributed by atoms with E-state index in [1.54, 1.807) is 41.2 Å². The maximum Gasteiger partial charge on any atom is 0.255 e. The van der Waals surface area contributed by atoms with E-state index in [-0.39, 0.29) is 24.0 Å². The molecule has 7 nitrogen and oxygen atoms in total. The third-order valence-corrected chi connectivity index (χ3v) is 5.18. The first-order chi connectivity index (χ1) is 13.5. The van der Waals surface area contributed by atoms with Gasteiger partial charge in [0.2, 0.25) is 5.88 Å². The van der Waals surface area contributed by atoms with E-state index < -0.39 is 6.04 Å². The van der Waals surface area contributed by atoms with E-state index in [0.29, 0.717) is 30.2 Å². The van der Waals surface area contributed by atoms with Crippen molar-refractivity contribution in [3.63, 3.8) is 0 Å². The van der Waals surface area contributed by atoms with Gasteiger partial charge < -0.3 is 19.9 Å². The number of aromatic nitrogens is 1. The van der Waals surface area contributed by atoms with Crippen LogP contribution in [0.4, 0.5) is 5.69 Å². The number of benzene rings is 1. The number of fused-ring (bicyclic) bond motifs is 1. The molecule has 0 radical (unpaired) electrons. The Morgan fingerprint density at radius 1 is 1.25 bits per heavy atom. The van der Waals surface area contributed by atoms with Gasteiger partial charge >= 0.3 is 0 Å². The van der Waals surface area contributed by atoms with E-state index in [9.17, 15) is 9.59 Å². The summed E-state index contributed by atoms with van der Waals surface area (Å²) in [4.78, 5) is 33.9. The average molecular weight is 380 g/mol. The van der Waals surface area contributed by atoms with Crippen molar-refractivity contribution < 1.29 is 14.3 Å². The molecule has 0 spiro atoms. The van der Waals surface area contributed by atoms with E-state index in [0.717, 1.165) is 5.56 Å². The summed E-state index contributed by atoms with van der Waals surface area (Å²) in [5, 5.41) is 3.18. The van der Waals surface area contributed by atoms with Crippen molar-refractivity contribution in [3.8, 4) is 5.88 Å². The lowest BCUT2D eigenvalue weighted by molar-refractivity contribution is -0.123. The van der Waals surface area contributed by atoms with Crippen LogP contribution in [0.1, 0.15) is 35.8 Å². The van der Waals surface area contributed by atoms with E-state index in [2.05, 4.69) is 10.3 Å². The fourth-order valence-corrected chi connectivity index (χ4v) is 3.63. The van der Waals surface area contributed by atoms with E-state index >= 15 is 0 Å². The second-order valence-electron chi connectivity index (χ2n) is 7.43. The zero-order chi connectivity index (χ0) is 19.8. The minimum atomic E-state index is -0.618. The van der Waals surface area contributed by atoms with Crippen molar-refractivity contribution in [2.24, 2.45) is 0 Å². The van der Waals surface area contributed by atoms with Gasteiger partial charge in [0.15, 0.2) is 0 Å². The predicted molar refractivity (Wildman–Crippen MR) is 105 cm³/mol. The maximum absolute atomic E-state index is 13.4. The van der Waals surface area contributed by atoms with Gasteiger partial charge in [-0.15, -0.1) is 0 Å². The van der Waals surface area contributed by atoms with Crippen molar-refractivity contribution in [2.45, 2.75) is 32.0 Å². The van der Waals surface area contributed by atoms with Gasteiger partial charge in [0, 0.05) is 31.8 Å². The Hall–Kier alpha value is -2.93. The average Bonchev–Trinajstić information content (AvgIpc) is 2.92. The summed E-state index contributed by atoms with van der Waals surface area (Å²) < 4.78 is 5.57. The van der Waals surface area contributed by atoms with Gasteiger partial charge in [-0.1, -0.05) is 18.2 Å². The number of hydrogen-bond donors (Lipinski definition) is 1. The molecule has 146 valence electrons. The topological polar surface area (TPSA) is 74.8 Å². The predicted octanol–water partition coefficient (Wildman–Crippen LogP) is 2.00. The molecule has 1 fully saturated rings. The van der Waals surface area contributed by atoms with Crippen molar-refractivity contribution in [3.05, 3.63) is 53.7 Å². The van der Waals surface area contributed by atoms with Crippen LogP contribution >= 0.6 is 0 Å². The quantitative estimate of drug-likeness (QED) is 0.859. The maximum atomic E-state index is 13.4. The summed E-state index contributed by atoms with van der Waals surface area (Å²) >= 11 is 0. The second kappa shape index (κ2) is 7.24. The van der Waals surface area contributed by atoms with Crippen LogP contribution < -0.4 is 15.0 Å². The number of rotatable bonds is 5. The zero-order valence-corrected chi connectivity index (χ0v) is 16.3. The normalized spacial score (nSPS) is 18.8. The van der Waals surface area contributed by atoms with Crippen molar-refractivity contribution >= 4 is 17.5 Å². The molecule has 2 aliphatic heterocycles. The van der Waals surface area contributed by atoms with Crippen LogP contribution in [0.3, 0.4) is 0 Å². The highest BCUT2D eigenvalue weighted by Crippen LogP contribution is 2.37. The second-order valence-corrected chi connectivity index (χ2v) is 7.43.